The number of carboxylic acid groups (broad SMARTS) is 1. The molecule has 0 fully saturated rings. The summed E-state index contributed by atoms with van der Waals surface area (Å²) in [6.07, 6.45) is 2.58. The Labute approximate surface area is 121 Å². The molecule has 0 saturated carbocycles. The maximum Gasteiger partial charge on any atom is 0.329 e. The van der Waals surface area contributed by atoms with E-state index in [4.69, 9.17) is 5.11 Å². The quantitative estimate of drug-likeness (QED) is 0.473. The fraction of sp³-hybridized carbons (Fsp3) is 0.286. The first-order chi connectivity index (χ1) is 9.80. The van der Waals surface area contributed by atoms with Crippen molar-refractivity contribution in [3.05, 3.63) is 46.0 Å². The minimum Gasteiger partial charge on any atom is -0.480 e. The van der Waals surface area contributed by atoms with E-state index in [1.807, 2.05) is 0 Å². The van der Waals surface area contributed by atoms with Crippen LogP contribution in [0.3, 0.4) is 0 Å². The fourth-order valence-electron chi connectivity index (χ4n) is 1.57. The van der Waals surface area contributed by atoms with Crippen LogP contribution in [0.1, 0.15) is 25.8 Å². The molecule has 1 aromatic rings. The first kappa shape index (κ1) is 16.4. The molecule has 1 atom stereocenters. The molecule has 0 saturated heterocycles. The molecule has 0 radical (unpaired) electrons. The molecular formula is C14H16N2O5. The number of nitrogens with one attached hydrogen (secondary N) is 1. The van der Waals surface area contributed by atoms with E-state index >= 15 is 0 Å². The van der Waals surface area contributed by atoms with Crippen LogP contribution in [0.4, 0.5) is 5.69 Å². The summed E-state index contributed by atoms with van der Waals surface area (Å²) in [7, 11) is 0. The van der Waals surface area contributed by atoms with Crippen LogP contribution in [0.5, 0.6) is 0 Å². The maximum atomic E-state index is 11.7. The number of nitro groups is 1. The van der Waals surface area contributed by atoms with E-state index in [0.29, 0.717) is 0 Å². The first-order valence-electron chi connectivity index (χ1n) is 6.27. The molecule has 0 aliphatic carbocycles. The van der Waals surface area contributed by atoms with Crippen molar-refractivity contribution in [1.82, 2.24) is 5.32 Å². The largest absolute Gasteiger partial charge is 0.480 e. The number of para-hydroxylation sites is 1. The molecule has 0 aromatic heterocycles. The van der Waals surface area contributed by atoms with Crippen LogP contribution >= 0.6 is 0 Å². The Hall–Kier alpha value is -2.70. The lowest BCUT2D eigenvalue weighted by molar-refractivity contribution is -0.385. The third-order valence-electron chi connectivity index (χ3n) is 3.13. The molecule has 0 spiro atoms. The summed E-state index contributed by atoms with van der Waals surface area (Å²) < 4.78 is 0. The second-order valence-corrected chi connectivity index (χ2v) is 4.63. The highest BCUT2D eigenvalue weighted by Crippen LogP contribution is 2.19. The molecule has 0 heterocycles. The van der Waals surface area contributed by atoms with Crippen LogP contribution in [0.15, 0.2) is 30.3 Å². The topological polar surface area (TPSA) is 110 Å². The number of amides is 1. The van der Waals surface area contributed by atoms with E-state index in [1.165, 1.54) is 31.2 Å². The van der Waals surface area contributed by atoms with Gasteiger partial charge in [-0.05, 0) is 25.5 Å². The molecule has 1 aromatic carbocycles. The zero-order valence-electron chi connectivity index (χ0n) is 11.7. The molecule has 112 valence electrons. The van der Waals surface area contributed by atoms with Gasteiger partial charge in [-0.25, -0.2) is 4.79 Å². The lowest BCUT2D eigenvalue weighted by Crippen LogP contribution is -2.51. The molecule has 0 aliphatic rings. The lowest BCUT2D eigenvalue weighted by Gasteiger charge is -2.23. The van der Waals surface area contributed by atoms with Gasteiger partial charge in [-0.1, -0.05) is 19.1 Å². The van der Waals surface area contributed by atoms with Crippen LogP contribution < -0.4 is 5.32 Å². The zero-order chi connectivity index (χ0) is 16.0. The van der Waals surface area contributed by atoms with E-state index in [2.05, 4.69) is 5.32 Å². The van der Waals surface area contributed by atoms with Crippen molar-refractivity contribution in [2.75, 3.05) is 0 Å². The first-order valence-corrected chi connectivity index (χ1v) is 6.27. The summed E-state index contributed by atoms with van der Waals surface area (Å²) in [6, 6.07) is 5.95. The smallest absolute Gasteiger partial charge is 0.329 e. The van der Waals surface area contributed by atoms with Gasteiger partial charge in [0.1, 0.15) is 5.54 Å². The molecule has 2 N–H and O–H groups in total. The fourth-order valence-corrected chi connectivity index (χ4v) is 1.57. The molecule has 1 amide bonds. The van der Waals surface area contributed by atoms with Gasteiger partial charge < -0.3 is 10.4 Å². The van der Waals surface area contributed by atoms with Gasteiger partial charge in [-0.3, -0.25) is 14.9 Å². The number of rotatable bonds is 6. The number of aliphatic carboxylic acids is 1. The Balaban J connectivity index is 2.89. The third-order valence-corrected chi connectivity index (χ3v) is 3.13. The Bertz CT molecular complexity index is 597. The molecule has 1 rings (SSSR count). The van der Waals surface area contributed by atoms with E-state index in [1.54, 1.807) is 13.0 Å². The van der Waals surface area contributed by atoms with Crippen molar-refractivity contribution >= 4 is 23.6 Å². The Morgan fingerprint density at radius 1 is 1.43 bits per heavy atom. The average Bonchev–Trinajstić information content (AvgIpc) is 2.44. The van der Waals surface area contributed by atoms with Gasteiger partial charge in [-0.2, -0.15) is 0 Å². The van der Waals surface area contributed by atoms with Gasteiger partial charge in [0.15, 0.2) is 0 Å². The van der Waals surface area contributed by atoms with Gasteiger partial charge in [0, 0.05) is 12.1 Å². The van der Waals surface area contributed by atoms with E-state index < -0.39 is 22.3 Å². The van der Waals surface area contributed by atoms with Crippen molar-refractivity contribution in [3.63, 3.8) is 0 Å². The summed E-state index contributed by atoms with van der Waals surface area (Å²) in [5.74, 6) is -1.77. The molecule has 7 nitrogen and oxygen atoms in total. The molecule has 0 aliphatic heterocycles. The highest BCUT2D eigenvalue weighted by molar-refractivity contribution is 5.96. The van der Waals surface area contributed by atoms with Gasteiger partial charge in [0.2, 0.25) is 5.91 Å². The van der Waals surface area contributed by atoms with Crippen molar-refractivity contribution in [3.8, 4) is 0 Å². The number of nitrogens with zero attached hydrogens (tertiary/aromatic N) is 1. The summed E-state index contributed by atoms with van der Waals surface area (Å²) in [6.45, 7) is 3.03. The number of benzene rings is 1. The van der Waals surface area contributed by atoms with Gasteiger partial charge >= 0.3 is 5.97 Å². The summed E-state index contributed by atoms with van der Waals surface area (Å²) in [5.41, 5.74) is -1.23. The maximum absolute atomic E-state index is 11.7. The highest BCUT2D eigenvalue weighted by Gasteiger charge is 2.32. The molecule has 1 unspecified atom stereocenters. The average molecular weight is 292 g/mol. The van der Waals surface area contributed by atoms with E-state index in [9.17, 15) is 19.7 Å². The second-order valence-electron chi connectivity index (χ2n) is 4.63. The summed E-state index contributed by atoms with van der Waals surface area (Å²) >= 11 is 0. The van der Waals surface area contributed by atoms with Crippen LogP contribution in [0.25, 0.3) is 6.08 Å². The van der Waals surface area contributed by atoms with Crippen LogP contribution in [0, 0.1) is 10.1 Å². The number of hydrogen-bond acceptors (Lipinski definition) is 4. The molecular weight excluding hydrogens is 276 g/mol. The van der Waals surface area contributed by atoms with Crippen molar-refractivity contribution < 1.29 is 19.6 Å². The zero-order valence-corrected chi connectivity index (χ0v) is 11.7. The Kier molecular flexibility index (Phi) is 5.18. The Morgan fingerprint density at radius 3 is 2.57 bits per heavy atom. The molecule has 0 bridgehead atoms. The number of carbonyl (C=O) groups excluding carboxylic acids is 1. The van der Waals surface area contributed by atoms with E-state index in [0.717, 1.165) is 6.08 Å². The van der Waals surface area contributed by atoms with Crippen LogP contribution in [-0.2, 0) is 9.59 Å². The van der Waals surface area contributed by atoms with Gasteiger partial charge in [0.05, 0.1) is 10.5 Å². The van der Waals surface area contributed by atoms with Crippen molar-refractivity contribution in [2.45, 2.75) is 25.8 Å². The number of nitro benzene ring substituents is 1. The standard InChI is InChI=1S/C14H16N2O5/c1-3-14(2,13(18)19)15-12(17)9-8-10-6-4-5-7-11(10)16(20)21/h4-9H,3H2,1-2H3,(H,15,17)(H,18,19). The number of hydrogen-bond donors (Lipinski definition) is 2. The molecule has 21 heavy (non-hydrogen) atoms. The van der Waals surface area contributed by atoms with E-state index in [-0.39, 0.29) is 17.7 Å². The monoisotopic (exact) mass is 292 g/mol. The predicted molar refractivity (Wildman–Crippen MR) is 76.6 cm³/mol. The minimum absolute atomic E-state index is 0.127. The lowest BCUT2D eigenvalue weighted by atomic mass is 9.99. The van der Waals surface area contributed by atoms with Gasteiger partial charge in [-0.15, -0.1) is 0 Å². The summed E-state index contributed by atoms with van der Waals surface area (Å²) in [4.78, 5) is 33.1. The highest BCUT2D eigenvalue weighted by atomic mass is 16.6. The van der Waals surface area contributed by atoms with Gasteiger partial charge in [0.25, 0.3) is 5.69 Å². The molecule has 7 heteroatoms. The minimum atomic E-state index is -1.37. The summed E-state index contributed by atoms with van der Waals surface area (Å²) in [5, 5.41) is 22.2. The second kappa shape index (κ2) is 6.65. The van der Waals surface area contributed by atoms with Crippen molar-refractivity contribution in [2.24, 2.45) is 0 Å². The Morgan fingerprint density at radius 2 is 2.05 bits per heavy atom. The number of carbonyl (C=O) groups is 2. The normalized spacial score (nSPS) is 13.6. The number of carboxylic acids is 1. The predicted octanol–water partition coefficient (Wildman–Crippen LogP) is 1.98. The third kappa shape index (κ3) is 4.13. The SMILES string of the molecule is CCC(C)(NC(=O)C=Cc1ccccc1[N+](=O)[O-])C(=O)O. The van der Waals surface area contributed by atoms with Crippen LogP contribution in [0.2, 0.25) is 0 Å². The van der Waals surface area contributed by atoms with Crippen LogP contribution in [-0.4, -0.2) is 27.4 Å². The van der Waals surface area contributed by atoms with Crippen molar-refractivity contribution in [1.29, 1.82) is 0 Å².